The molecule has 1 aliphatic carbocycles. The number of carbonyl (C=O) groups excluding carboxylic acids is 3. The molecule has 2 aliphatic heterocycles. The quantitative estimate of drug-likeness (QED) is 0.634. The minimum atomic E-state index is -3.54. The van der Waals surface area contributed by atoms with Gasteiger partial charge in [-0.3, -0.25) is 14.5 Å². The average Bonchev–Trinajstić information content (AvgIpc) is 3.45. The second-order valence-electron chi connectivity index (χ2n) is 8.92. The topological polar surface area (TPSA) is 116 Å². The molecule has 2 heterocycles. The Hall–Kier alpha value is -3.24. The summed E-state index contributed by atoms with van der Waals surface area (Å²) in [4.78, 5) is 39.8. The first-order chi connectivity index (χ1) is 16.3. The van der Waals surface area contributed by atoms with Crippen molar-refractivity contribution in [2.24, 2.45) is 0 Å². The van der Waals surface area contributed by atoms with Gasteiger partial charge in [-0.05, 0) is 67.5 Å². The first kappa shape index (κ1) is 22.5. The molecule has 9 nitrogen and oxygen atoms in total. The Balaban J connectivity index is 1.27. The van der Waals surface area contributed by atoms with Crippen molar-refractivity contribution in [3.8, 4) is 0 Å². The van der Waals surface area contributed by atoms with Crippen molar-refractivity contribution < 1.29 is 22.8 Å². The van der Waals surface area contributed by atoms with Crippen LogP contribution in [0.25, 0.3) is 0 Å². The van der Waals surface area contributed by atoms with E-state index < -0.39 is 40.0 Å². The van der Waals surface area contributed by atoms with Crippen LogP contribution in [0.5, 0.6) is 0 Å². The van der Waals surface area contributed by atoms with E-state index in [1.54, 1.807) is 0 Å². The number of sulfonamides is 1. The molecule has 1 unspecified atom stereocenters. The first-order valence-corrected chi connectivity index (χ1v) is 12.9. The van der Waals surface area contributed by atoms with Crippen LogP contribution in [-0.2, 0) is 31.6 Å². The summed E-state index contributed by atoms with van der Waals surface area (Å²) >= 11 is 0. The van der Waals surface area contributed by atoms with Gasteiger partial charge in [-0.15, -0.1) is 0 Å². The molecule has 0 saturated carbocycles. The number of anilines is 1. The smallest absolute Gasteiger partial charge is 0.325 e. The van der Waals surface area contributed by atoms with Crippen molar-refractivity contribution in [3.63, 3.8) is 0 Å². The second-order valence-corrected chi connectivity index (χ2v) is 10.9. The number of nitrogens with zero attached hydrogens (tertiary/aromatic N) is 2. The van der Waals surface area contributed by atoms with Gasteiger partial charge in [0.05, 0.1) is 4.90 Å². The molecule has 2 fully saturated rings. The third-order valence-corrected chi connectivity index (χ3v) is 8.71. The fraction of sp³-hybridized carbons (Fsp3) is 0.375. The predicted octanol–water partition coefficient (Wildman–Crippen LogP) is 2.19. The molecule has 178 valence electrons. The number of rotatable bonds is 5. The van der Waals surface area contributed by atoms with Gasteiger partial charge in [0, 0.05) is 18.8 Å². The van der Waals surface area contributed by atoms with Crippen LogP contribution < -0.4 is 10.6 Å². The molecule has 10 heteroatoms. The molecule has 5 rings (SSSR count). The molecule has 34 heavy (non-hydrogen) atoms. The molecule has 0 radical (unpaired) electrons. The average molecular weight is 483 g/mol. The van der Waals surface area contributed by atoms with Crippen LogP contribution in [0.4, 0.5) is 10.5 Å². The minimum absolute atomic E-state index is 0.166. The summed E-state index contributed by atoms with van der Waals surface area (Å²) in [6, 6.07) is 12.9. The molecule has 4 amide bonds. The van der Waals surface area contributed by atoms with Crippen LogP contribution in [0.15, 0.2) is 53.4 Å². The third-order valence-electron chi connectivity index (χ3n) is 6.79. The standard InChI is InChI=1S/C24H26N4O5S/c29-21(25-18-9-11-19(12-10-18)34(32,33)27-14-3-4-15-27)16-28-22(30)24(26-23(28)31)13-5-7-17-6-1-2-8-20(17)24/h1-2,6,8-12H,3-5,7,13-16H2,(H,25,29)(H,26,31). The number of imide groups is 1. The number of amides is 4. The van der Waals surface area contributed by atoms with Crippen molar-refractivity contribution in [2.45, 2.75) is 42.5 Å². The van der Waals surface area contributed by atoms with E-state index >= 15 is 0 Å². The maximum Gasteiger partial charge on any atom is 0.325 e. The molecular formula is C24H26N4O5S. The monoisotopic (exact) mass is 482 g/mol. The Morgan fingerprint density at radius 3 is 2.44 bits per heavy atom. The Labute approximate surface area is 198 Å². The predicted molar refractivity (Wildman–Crippen MR) is 124 cm³/mol. The summed E-state index contributed by atoms with van der Waals surface area (Å²) in [6.45, 7) is 0.597. The lowest BCUT2D eigenvalue weighted by Gasteiger charge is -2.33. The summed E-state index contributed by atoms with van der Waals surface area (Å²) in [5.74, 6) is -0.966. The van der Waals surface area contributed by atoms with E-state index in [9.17, 15) is 22.8 Å². The number of hydrogen-bond acceptors (Lipinski definition) is 5. The van der Waals surface area contributed by atoms with Crippen LogP contribution in [-0.4, -0.2) is 55.1 Å². The SMILES string of the molecule is O=C(CN1C(=O)NC2(CCCc3ccccc32)C1=O)Nc1ccc(S(=O)(=O)N2CCCC2)cc1. The highest BCUT2D eigenvalue weighted by molar-refractivity contribution is 7.89. The van der Waals surface area contributed by atoms with Crippen molar-refractivity contribution in [1.82, 2.24) is 14.5 Å². The van der Waals surface area contributed by atoms with E-state index in [-0.39, 0.29) is 4.90 Å². The van der Waals surface area contributed by atoms with E-state index in [0.717, 1.165) is 41.7 Å². The Morgan fingerprint density at radius 2 is 1.71 bits per heavy atom. The molecule has 0 aromatic heterocycles. The van der Waals surface area contributed by atoms with Crippen LogP contribution in [0.1, 0.15) is 36.8 Å². The van der Waals surface area contributed by atoms with Crippen molar-refractivity contribution in [3.05, 3.63) is 59.7 Å². The van der Waals surface area contributed by atoms with Gasteiger partial charge >= 0.3 is 6.03 Å². The zero-order chi connectivity index (χ0) is 23.9. The molecule has 3 aliphatic rings. The number of nitrogens with one attached hydrogen (secondary N) is 2. The molecule has 1 spiro atoms. The van der Waals surface area contributed by atoms with E-state index in [2.05, 4.69) is 10.6 Å². The van der Waals surface area contributed by atoms with Gasteiger partial charge in [0.1, 0.15) is 12.1 Å². The van der Waals surface area contributed by atoms with E-state index in [1.807, 2.05) is 24.3 Å². The summed E-state index contributed by atoms with van der Waals surface area (Å²) in [5, 5.41) is 5.48. The van der Waals surface area contributed by atoms with Crippen molar-refractivity contribution in [2.75, 3.05) is 25.0 Å². The highest BCUT2D eigenvalue weighted by Gasteiger charge is 2.54. The van der Waals surface area contributed by atoms with Gasteiger partial charge < -0.3 is 10.6 Å². The number of hydrogen-bond donors (Lipinski definition) is 2. The van der Waals surface area contributed by atoms with Gasteiger partial charge in [-0.25, -0.2) is 13.2 Å². The summed E-state index contributed by atoms with van der Waals surface area (Å²) in [6.07, 6.45) is 3.78. The highest BCUT2D eigenvalue weighted by Crippen LogP contribution is 2.39. The molecule has 0 bridgehead atoms. The largest absolute Gasteiger partial charge is 0.325 e. The number of aryl methyl sites for hydroxylation is 1. The van der Waals surface area contributed by atoms with E-state index in [4.69, 9.17) is 0 Å². The third kappa shape index (κ3) is 3.76. The summed E-state index contributed by atoms with van der Waals surface area (Å²) in [7, 11) is -3.54. The lowest BCUT2D eigenvalue weighted by Crippen LogP contribution is -2.47. The first-order valence-electron chi connectivity index (χ1n) is 11.4. The minimum Gasteiger partial charge on any atom is -0.325 e. The molecule has 1 atom stereocenters. The summed E-state index contributed by atoms with van der Waals surface area (Å²) < 4.78 is 26.8. The maximum atomic E-state index is 13.3. The van der Waals surface area contributed by atoms with Crippen LogP contribution in [0.2, 0.25) is 0 Å². The summed E-state index contributed by atoms with van der Waals surface area (Å²) in [5.41, 5.74) is 1.07. The van der Waals surface area contributed by atoms with E-state index in [0.29, 0.717) is 25.2 Å². The number of carbonyl (C=O) groups is 3. The Bertz CT molecular complexity index is 1250. The highest BCUT2D eigenvalue weighted by atomic mass is 32.2. The maximum absolute atomic E-state index is 13.3. The van der Waals surface area contributed by atoms with Crippen molar-refractivity contribution >= 4 is 33.6 Å². The van der Waals surface area contributed by atoms with Crippen LogP contribution in [0, 0.1) is 0 Å². The molecular weight excluding hydrogens is 456 g/mol. The molecule has 2 N–H and O–H groups in total. The van der Waals surface area contributed by atoms with Gasteiger partial charge in [-0.2, -0.15) is 4.31 Å². The fourth-order valence-electron chi connectivity index (χ4n) is 5.09. The lowest BCUT2D eigenvalue weighted by atomic mass is 9.76. The van der Waals surface area contributed by atoms with Crippen molar-refractivity contribution in [1.29, 1.82) is 0 Å². The molecule has 2 saturated heterocycles. The van der Waals surface area contributed by atoms with Gasteiger partial charge in [0.2, 0.25) is 15.9 Å². The second kappa shape index (κ2) is 8.52. The van der Waals surface area contributed by atoms with Crippen LogP contribution in [0.3, 0.4) is 0 Å². The molecule has 2 aromatic rings. The van der Waals surface area contributed by atoms with Gasteiger partial charge in [-0.1, -0.05) is 24.3 Å². The lowest BCUT2D eigenvalue weighted by molar-refractivity contribution is -0.134. The Kier molecular flexibility index (Phi) is 5.65. The fourth-order valence-corrected chi connectivity index (χ4v) is 6.60. The Morgan fingerprint density at radius 1 is 1.00 bits per heavy atom. The normalized spacial score (nSPS) is 22.6. The zero-order valence-corrected chi connectivity index (χ0v) is 19.4. The number of urea groups is 1. The van der Waals surface area contributed by atoms with Crippen LogP contribution >= 0.6 is 0 Å². The van der Waals surface area contributed by atoms with Gasteiger partial charge in [0.25, 0.3) is 5.91 Å². The van der Waals surface area contributed by atoms with E-state index in [1.165, 1.54) is 28.6 Å². The molecule has 2 aromatic carbocycles. The number of fused-ring (bicyclic) bond motifs is 2. The van der Waals surface area contributed by atoms with Gasteiger partial charge in [0.15, 0.2) is 0 Å². The number of benzene rings is 2. The zero-order valence-electron chi connectivity index (χ0n) is 18.6.